The molecule has 1 fully saturated rings. The van der Waals surface area contributed by atoms with Crippen molar-refractivity contribution >= 4 is 22.4 Å². The van der Waals surface area contributed by atoms with Crippen LogP contribution in [0.15, 0.2) is 11.6 Å². The van der Waals surface area contributed by atoms with Gasteiger partial charge in [-0.3, -0.25) is 4.79 Å². The molecule has 0 radical (unpaired) electrons. The first-order chi connectivity index (χ1) is 10.1. The molecule has 6 heteroatoms. The van der Waals surface area contributed by atoms with E-state index in [1.54, 1.807) is 11.3 Å². The van der Waals surface area contributed by atoms with Crippen molar-refractivity contribution in [3.63, 3.8) is 0 Å². The fraction of sp³-hybridized carbons (Fsp3) is 0.733. The van der Waals surface area contributed by atoms with Crippen molar-refractivity contribution in [3.8, 4) is 0 Å². The topological polar surface area (TPSA) is 62.5 Å². The van der Waals surface area contributed by atoms with Crippen molar-refractivity contribution in [2.75, 3.05) is 31.1 Å². The molecule has 1 aromatic heterocycles. The minimum absolute atomic E-state index is 0.107. The Morgan fingerprint density at radius 3 is 2.62 bits per heavy atom. The van der Waals surface area contributed by atoms with Crippen LogP contribution in [0.2, 0.25) is 0 Å². The van der Waals surface area contributed by atoms with Crippen molar-refractivity contribution in [3.05, 3.63) is 11.6 Å². The first-order valence-corrected chi connectivity index (χ1v) is 8.64. The van der Waals surface area contributed by atoms with Crippen LogP contribution in [0.1, 0.15) is 33.1 Å². The molecule has 2 rings (SSSR count). The first-order valence-electron chi connectivity index (χ1n) is 7.76. The van der Waals surface area contributed by atoms with Crippen molar-refractivity contribution in [1.29, 1.82) is 0 Å². The molecule has 2 atom stereocenters. The molecule has 1 aromatic rings. The third-order valence-electron chi connectivity index (χ3n) is 4.00. The van der Waals surface area contributed by atoms with E-state index >= 15 is 0 Å². The van der Waals surface area contributed by atoms with E-state index in [2.05, 4.69) is 9.88 Å². The van der Waals surface area contributed by atoms with Crippen LogP contribution in [0.5, 0.6) is 0 Å². The molecular formula is C15H26N4OS. The van der Waals surface area contributed by atoms with Gasteiger partial charge in [0.15, 0.2) is 5.13 Å². The molecule has 118 valence electrons. The van der Waals surface area contributed by atoms with E-state index in [-0.39, 0.29) is 12.0 Å². The highest BCUT2D eigenvalue weighted by atomic mass is 32.1. The molecular weight excluding hydrogens is 284 g/mol. The van der Waals surface area contributed by atoms with Gasteiger partial charge in [0.25, 0.3) is 0 Å². The van der Waals surface area contributed by atoms with Gasteiger partial charge in [-0.25, -0.2) is 4.98 Å². The molecule has 0 aliphatic carbocycles. The first kappa shape index (κ1) is 16.2. The zero-order chi connectivity index (χ0) is 15.2. The standard InChI is InChI=1S/C15H26N4OS/c1-12(4-3-5-13(2)16)14(20)18-7-9-19(10-8-18)15-17-6-11-21-15/h6,11-13H,3-5,7-10,16H2,1-2H3. The predicted molar refractivity (Wildman–Crippen MR) is 87.6 cm³/mol. The van der Waals surface area contributed by atoms with E-state index in [0.29, 0.717) is 5.91 Å². The Kier molecular flexibility index (Phi) is 5.99. The van der Waals surface area contributed by atoms with Crippen molar-refractivity contribution in [1.82, 2.24) is 9.88 Å². The second-order valence-electron chi connectivity index (χ2n) is 5.94. The van der Waals surface area contributed by atoms with E-state index in [1.165, 1.54) is 0 Å². The largest absolute Gasteiger partial charge is 0.345 e. The second kappa shape index (κ2) is 7.75. The summed E-state index contributed by atoms with van der Waals surface area (Å²) in [4.78, 5) is 21.0. The Bertz CT molecular complexity index is 427. The van der Waals surface area contributed by atoms with Gasteiger partial charge >= 0.3 is 0 Å². The average molecular weight is 310 g/mol. The number of carbonyl (C=O) groups is 1. The normalized spacial score (nSPS) is 18.6. The number of piperazine rings is 1. The number of nitrogens with zero attached hydrogens (tertiary/aromatic N) is 3. The molecule has 2 N–H and O–H groups in total. The zero-order valence-corrected chi connectivity index (χ0v) is 13.8. The molecule has 0 spiro atoms. The number of aromatic nitrogens is 1. The third-order valence-corrected chi connectivity index (χ3v) is 4.83. The molecule has 5 nitrogen and oxygen atoms in total. The highest BCUT2D eigenvalue weighted by Crippen LogP contribution is 2.20. The molecule has 1 saturated heterocycles. The van der Waals surface area contributed by atoms with Crippen molar-refractivity contribution < 1.29 is 4.79 Å². The lowest BCUT2D eigenvalue weighted by atomic mass is 10.0. The minimum Gasteiger partial charge on any atom is -0.345 e. The summed E-state index contributed by atoms with van der Waals surface area (Å²) in [7, 11) is 0. The van der Waals surface area contributed by atoms with Crippen LogP contribution in [0.25, 0.3) is 0 Å². The van der Waals surface area contributed by atoms with Crippen LogP contribution in [0.3, 0.4) is 0 Å². The van der Waals surface area contributed by atoms with E-state index in [4.69, 9.17) is 5.73 Å². The van der Waals surface area contributed by atoms with Crippen LogP contribution < -0.4 is 10.6 Å². The molecule has 1 aliphatic heterocycles. The summed E-state index contributed by atoms with van der Waals surface area (Å²) in [6.07, 6.45) is 4.80. The van der Waals surface area contributed by atoms with Gasteiger partial charge in [-0.1, -0.05) is 13.3 Å². The zero-order valence-electron chi connectivity index (χ0n) is 13.0. The van der Waals surface area contributed by atoms with E-state index in [1.807, 2.05) is 30.3 Å². The summed E-state index contributed by atoms with van der Waals surface area (Å²) >= 11 is 1.66. The highest BCUT2D eigenvalue weighted by Gasteiger charge is 2.25. The van der Waals surface area contributed by atoms with Gasteiger partial charge in [0.05, 0.1) is 0 Å². The number of nitrogens with two attached hydrogens (primary N) is 1. The quantitative estimate of drug-likeness (QED) is 0.872. The van der Waals surface area contributed by atoms with Gasteiger partial charge in [0.1, 0.15) is 0 Å². The molecule has 2 unspecified atom stereocenters. The van der Waals surface area contributed by atoms with Crippen molar-refractivity contribution in [2.24, 2.45) is 11.7 Å². The summed E-state index contributed by atoms with van der Waals surface area (Å²) in [6, 6.07) is 0.231. The van der Waals surface area contributed by atoms with Gasteiger partial charge in [0, 0.05) is 49.7 Å². The van der Waals surface area contributed by atoms with Crippen LogP contribution in [0.4, 0.5) is 5.13 Å². The molecule has 2 heterocycles. The molecule has 0 aromatic carbocycles. The fourth-order valence-electron chi connectivity index (χ4n) is 2.67. The maximum Gasteiger partial charge on any atom is 0.225 e. The summed E-state index contributed by atoms with van der Waals surface area (Å²) in [5.41, 5.74) is 5.75. The van der Waals surface area contributed by atoms with Crippen LogP contribution >= 0.6 is 11.3 Å². The van der Waals surface area contributed by atoms with Crippen molar-refractivity contribution in [2.45, 2.75) is 39.2 Å². The lowest BCUT2D eigenvalue weighted by Gasteiger charge is -2.35. The molecule has 0 bridgehead atoms. The van der Waals surface area contributed by atoms with Crippen LogP contribution in [0, 0.1) is 5.92 Å². The second-order valence-corrected chi connectivity index (χ2v) is 6.81. The third kappa shape index (κ3) is 4.68. The van der Waals surface area contributed by atoms with E-state index < -0.39 is 0 Å². The summed E-state index contributed by atoms with van der Waals surface area (Å²) < 4.78 is 0. The Morgan fingerprint density at radius 2 is 2.05 bits per heavy atom. The number of anilines is 1. The molecule has 0 saturated carbocycles. The number of hydrogen-bond donors (Lipinski definition) is 1. The Hall–Kier alpha value is -1.14. The lowest BCUT2D eigenvalue weighted by Crippen LogP contribution is -2.50. The molecule has 1 aliphatic rings. The maximum atomic E-state index is 12.4. The number of thiazole rings is 1. The van der Waals surface area contributed by atoms with E-state index in [9.17, 15) is 4.79 Å². The monoisotopic (exact) mass is 310 g/mol. The van der Waals surface area contributed by atoms with Gasteiger partial charge in [-0.15, -0.1) is 11.3 Å². The average Bonchev–Trinajstić information content (AvgIpc) is 3.00. The lowest BCUT2D eigenvalue weighted by molar-refractivity contribution is -0.135. The molecule has 1 amide bonds. The molecule has 21 heavy (non-hydrogen) atoms. The Labute approximate surface area is 131 Å². The summed E-state index contributed by atoms with van der Waals surface area (Å²) in [6.45, 7) is 7.42. The van der Waals surface area contributed by atoms with Crippen LogP contribution in [-0.4, -0.2) is 48.0 Å². The summed E-state index contributed by atoms with van der Waals surface area (Å²) in [5, 5.41) is 3.06. The minimum atomic E-state index is 0.107. The predicted octanol–water partition coefficient (Wildman–Crippen LogP) is 1.95. The Morgan fingerprint density at radius 1 is 1.33 bits per heavy atom. The SMILES string of the molecule is CC(N)CCCC(C)C(=O)N1CCN(c2nccs2)CC1. The summed E-state index contributed by atoms with van der Waals surface area (Å²) in [5.74, 6) is 0.397. The number of rotatable bonds is 6. The van der Waals surface area contributed by atoms with E-state index in [0.717, 1.165) is 50.6 Å². The van der Waals surface area contributed by atoms with Gasteiger partial charge in [-0.2, -0.15) is 0 Å². The highest BCUT2D eigenvalue weighted by molar-refractivity contribution is 7.13. The van der Waals surface area contributed by atoms with Crippen LogP contribution in [-0.2, 0) is 4.79 Å². The number of hydrogen-bond acceptors (Lipinski definition) is 5. The maximum absolute atomic E-state index is 12.4. The van der Waals surface area contributed by atoms with Gasteiger partial charge in [0.2, 0.25) is 5.91 Å². The smallest absolute Gasteiger partial charge is 0.225 e. The fourth-order valence-corrected chi connectivity index (χ4v) is 3.37. The number of amides is 1. The number of carbonyl (C=O) groups excluding carboxylic acids is 1. The van der Waals surface area contributed by atoms with Gasteiger partial charge < -0.3 is 15.5 Å². The van der Waals surface area contributed by atoms with Gasteiger partial charge in [-0.05, 0) is 19.8 Å². The Balaban J connectivity index is 1.74.